The first-order valence-electron chi connectivity index (χ1n) is 9.41. The second kappa shape index (κ2) is 9.60. The summed E-state index contributed by atoms with van der Waals surface area (Å²) in [5.74, 6) is 0.226. The minimum Gasteiger partial charge on any atom is -0.497 e. The van der Waals surface area contributed by atoms with Crippen molar-refractivity contribution in [3.63, 3.8) is 0 Å². The molecule has 2 aromatic rings. The summed E-state index contributed by atoms with van der Waals surface area (Å²) in [5.41, 5.74) is 0.00711. The lowest BCUT2D eigenvalue weighted by molar-refractivity contribution is -0.119. The predicted octanol–water partition coefficient (Wildman–Crippen LogP) is 2.19. The van der Waals surface area contributed by atoms with Crippen molar-refractivity contribution < 1.29 is 14.3 Å². The average molecular weight is 417 g/mol. The van der Waals surface area contributed by atoms with Crippen LogP contribution in [-0.2, 0) is 11.8 Å². The molecule has 0 atom stereocenters. The van der Waals surface area contributed by atoms with Crippen LogP contribution in [0.5, 0.6) is 5.75 Å². The molecule has 0 spiro atoms. The van der Waals surface area contributed by atoms with E-state index in [0.29, 0.717) is 16.6 Å². The lowest BCUT2D eigenvalue weighted by Gasteiger charge is -2.12. The molecular weight excluding hydrogens is 392 g/mol. The number of thioether (sulfide) groups is 1. The van der Waals surface area contributed by atoms with Gasteiger partial charge >= 0.3 is 0 Å². The Kier molecular flexibility index (Phi) is 6.92. The van der Waals surface area contributed by atoms with Crippen molar-refractivity contribution in [1.29, 1.82) is 0 Å². The summed E-state index contributed by atoms with van der Waals surface area (Å²) in [7, 11) is 3.09. The largest absolute Gasteiger partial charge is 0.497 e. The topological polar surface area (TPSA) is 102 Å². The van der Waals surface area contributed by atoms with Gasteiger partial charge in [-0.15, -0.1) is 0 Å². The molecule has 1 fully saturated rings. The minimum atomic E-state index is -0.543. The van der Waals surface area contributed by atoms with Crippen LogP contribution in [0.15, 0.2) is 40.4 Å². The van der Waals surface area contributed by atoms with E-state index in [-0.39, 0.29) is 23.3 Å². The number of anilines is 1. The van der Waals surface area contributed by atoms with Crippen molar-refractivity contribution >= 4 is 29.3 Å². The van der Waals surface area contributed by atoms with Gasteiger partial charge in [0.15, 0.2) is 5.16 Å². The number of aromatic nitrogens is 2. The second-order valence-electron chi connectivity index (χ2n) is 6.84. The van der Waals surface area contributed by atoms with E-state index in [1.807, 2.05) is 0 Å². The maximum absolute atomic E-state index is 12.6. The monoisotopic (exact) mass is 416 g/mol. The van der Waals surface area contributed by atoms with Gasteiger partial charge in [0.25, 0.3) is 11.5 Å². The summed E-state index contributed by atoms with van der Waals surface area (Å²) >= 11 is 1.18. The molecule has 1 saturated carbocycles. The first kappa shape index (κ1) is 20.9. The van der Waals surface area contributed by atoms with Crippen molar-refractivity contribution in [2.45, 2.75) is 36.9 Å². The molecule has 1 heterocycles. The lowest BCUT2D eigenvalue weighted by Crippen LogP contribution is -2.34. The number of rotatable bonds is 7. The summed E-state index contributed by atoms with van der Waals surface area (Å²) in [6.07, 6.45) is 5.58. The van der Waals surface area contributed by atoms with Crippen molar-refractivity contribution in [3.8, 4) is 5.75 Å². The fraction of sp³-hybridized carbons (Fsp3) is 0.400. The van der Waals surface area contributed by atoms with Gasteiger partial charge in [0.05, 0.1) is 12.9 Å². The molecule has 3 rings (SSSR count). The zero-order chi connectivity index (χ0) is 20.8. The first-order valence-corrected chi connectivity index (χ1v) is 10.4. The lowest BCUT2D eigenvalue weighted by atomic mass is 10.2. The third-order valence-corrected chi connectivity index (χ3v) is 5.82. The van der Waals surface area contributed by atoms with Crippen LogP contribution in [0.1, 0.15) is 36.0 Å². The number of hydrogen-bond donors (Lipinski definition) is 2. The zero-order valence-corrected chi connectivity index (χ0v) is 17.3. The molecule has 0 radical (unpaired) electrons. The summed E-state index contributed by atoms with van der Waals surface area (Å²) in [4.78, 5) is 41.3. The number of carbonyl (C=O) groups is 2. The van der Waals surface area contributed by atoms with Gasteiger partial charge in [-0.25, -0.2) is 4.98 Å². The highest BCUT2D eigenvalue weighted by Crippen LogP contribution is 2.19. The van der Waals surface area contributed by atoms with Gasteiger partial charge in [-0.05, 0) is 37.1 Å². The van der Waals surface area contributed by atoms with E-state index < -0.39 is 11.5 Å². The Morgan fingerprint density at radius 3 is 2.59 bits per heavy atom. The Bertz CT molecular complexity index is 936. The highest BCUT2D eigenvalue weighted by molar-refractivity contribution is 7.99. The van der Waals surface area contributed by atoms with Crippen molar-refractivity contribution in [2.24, 2.45) is 7.05 Å². The average Bonchev–Trinajstić information content (AvgIpc) is 3.22. The molecule has 0 unspecified atom stereocenters. The van der Waals surface area contributed by atoms with E-state index in [4.69, 9.17) is 4.74 Å². The van der Waals surface area contributed by atoms with Crippen molar-refractivity contribution in [1.82, 2.24) is 14.9 Å². The normalized spacial score (nSPS) is 13.9. The smallest absolute Gasteiger partial charge is 0.266 e. The maximum Gasteiger partial charge on any atom is 0.266 e. The van der Waals surface area contributed by atoms with Gasteiger partial charge < -0.3 is 15.4 Å². The number of nitrogens with one attached hydrogen (secondary N) is 2. The van der Waals surface area contributed by atoms with Crippen LogP contribution >= 0.6 is 11.8 Å². The fourth-order valence-corrected chi connectivity index (χ4v) is 3.91. The summed E-state index contributed by atoms with van der Waals surface area (Å²) < 4.78 is 6.36. The van der Waals surface area contributed by atoms with Crippen LogP contribution in [0, 0.1) is 0 Å². The van der Waals surface area contributed by atoms with Gasteiger partial charge in [0.2, 0.25) is 5.91 Å². The van der Waals surface area contributed by atoms with E-state index in [0.717, 1.165) is 25.7 Å². The first-order chi connectivity index (χ1) is 14.0. The second-order valence-corrected chi connectivity index (χ2v) is 7.78. The van der Waals surface area contributed by atoms with Crippen molar-refractivity contribution in [3.05, 3.63) is 46.4 Å². The highest BCUT2D eigenvalue weighted by atomic mass is 32.2. The molecule has 2 N–H and O–H groups in total. The number of benzene rings is 1. The van der Waals surface area contributed by atoms with Gasteiger partial charge in [-0.3, -0.25) is 19.0 Å². The SMILES string of the molecule is COc1ccc(NC(=O)c2cnc(SCC(=O)NC3CCCC3)n(C)c2=O)cc1. The molecule has 0 bridgehead atoms. The Morgan fingerprint density at radius 1 is 1.24 bits per heavy atom. The molecule has 0 aliphatic heterocycles. The molecule has 1 aromatic carbocycles. The molecule has 154 valence electrons. The Hall–Kier alpha value is -2.81. The minimum absolute atomic E-state index is 0.0666. The summed E-state index contributed by atoms with van der Waals surface area (Å²) in [6.45, 7) is 0. The molecule has 9 heteroatoms. The molecular formula is C20H24N4O4S. The summed E-state index contributed by atoms with van der Waals surface area (Å²) in [6, 6.07) is 7.04. The molecule has 2 amide bonds. The Balaban J connectivity index is 1.62. The number of ether oxygens (including phenoxy) is 1. The van der Waals surface area contributed by atoms with E-state index in [9.17, 15) is 14.4 Å². The van der Waals surface area contributed by atoms with Crippen LogP contribution in [0.3, 0.4) is 0 Å². The van der Waals surface area contributed by atoms with E-state index >= 15 is 0 Å². The highest BCUT2D eigenvalue weighted by Gasteiger charge is 2.19. The van der Waals surface area contributed by atoms with Crippen LogP contribution in [0.4, 0.5) is 5.69 Å². The van der Waals surface area contributed by atoms with Crippen LogP contribution in [0.2, 0.25) is 0 Å². The third-order valence-electron chi connectivity index (χ3n) is 4.77. The van der Waals surface area contributed by atoms with E-state index in [1.165, 1.54) is 29.6 Å². The van der Waals surface area contributed by atoms with Gasteiger partial charge in [0.1, 0.15) is 11.3 Å². The quantitative estimate of drug-likeness (QED) is 0.530. The maximum atomic E-state index is 12.6. The molecule has 29 heavy (non-hydrogen) atoms. The van der Waals surface area contributed by atoms with E-state index in [1.54, 1.807) is 31.4 Å². The Labute approximate surface area is 173 Å². The fourth-order valence-electron chi connectivity index (χ4n) is 3.16. The third kappa shape index (κ3) is 5.38. The molecule has 1 aliphatic carbocycles. The molecule has 1 aromatic heterocycles. The molecule has 0 saturated heterocycles. The Morgan fingerprint density at radius 2 is 1.93 bits per heavy atom. The van der Waals surface area contributed by atoms with Gasteiger partial charge in [-0.2, -0.15) is 0 Å². The van der Waals surface area contributed by atoms with Crippen LogP contribution in [0.25, 0.3) is 0 Å². The number of carbonyl (C=O) groups excluding carboxylic acids is 2. The number of methoxy groups -OCH3 is 1. The molecule has 1 aliphatic rings. The summed E-state index contributed by atoms with van der Waals surface area (Å²) in [5, 5.41) is 6.06. The number of amides is 2. The predicted molar refractivity (Wildman–Crippen MR) is 112 cm³/mol. The van der Waals surface area contributed by atoms with Gasteiger partial charge in [0, 0.05) is 25.0 Å². The zero-order valence-electron chi connectivity index (χ0n) is 16.4. The van der Waals surface area contributed by atoms with Crippen molar-refractivity contribution in [2.75, 3.05) is 18.2 Å². The number of hydrogen-bond acceptors (Lipinski definition) is 6. The van der Waals surface area contributed by atoms with Crippen LogP contribution in [-0.4, -0.2) is 40.3 Å². The van der Waals surface area contributed by atoms with Gasteiger partial charge in [-0.1, -0.05) is 24.6 Å². The molecule has 8 nitrogen and oxygen atoms in total. The van der Waals surface area contributed by atoms with Crippen LogP contribution < -0.4 is 20.9 Å². The van der Waals surface area contributed by atoms with E-state index in [2.05, 4.69) is 15.6 Å². The number of nitrogens with zero attached hydrogens (tertiary/aromatic N) is 2. The standard InChI is InChI=1S/C20H24N4O4S/c1-24-19(27)16(18(26)23-14-7-9-15(28-2)10-8-14)11-21-20(24)29-12-17(25)22-13-5-3-4-6-13/h7-11,13H,3-6,12H2,1-2H3,(H,22,25)(H,23,26).